The van der Waals surface area contributed by atoms with Crippen molar-refractivity contribution in [3.8, 4) is 0 Å². The molecule has 1 aliphatic rings. The SMILES string of the molecule is O=c1cc[nH]c(=O)n1C1CCCO1. The van der Waals surface area contributed by atoms with Gasteiger partial charge in [-0.2, -0.15) is 0 Å². The van der Waals surface area contributed by atoms with Gasteiger partial charge in [0, 0.05) is 18.9 Å². The highest BCUT2D eigenvalue weighted by Gasteiger charge is 2.19. The molecule has 0 aromatic carbocycles. The molecule has 70 valence electrons. The Hall–Kier alpha value is -1.36. The second kappa shape index (κ2) is 3.18. The van der Waals surface area contributed by atoms with Gasteiger partial charge in [-0.3, -0.25) is 4.79 Å². The standard InChI is InChI=1S/C8H10N2O3/c11-6-3-4-9-8(12)10(6)7-2-1-5-13-7/h3-4,7H,1-2,5H2,(H,9,12). The Balaban J connectivity index is 2.49. The monoisotopic (exact) mass is 182 g/mol. The van der Waals surface area contributed by atoms with E-state index in [0.717, 1.165) is 17.4 Å². The zero-order valence-electron chi connectivity index (χ0n) is 7.03. The number of rotatable bonds is 1. The summed E-state index contributed by atoms with van der Waals surface area (Å²) >= 11 is 0. The molecule has 1 atom stereocenters. The van der Waals surface area contributed by atoms with Crippen LogP contribution in [0.5, 0.6) is 0 Å². The molecule has 1 fully saturated rings. The minimum atomic E-state index is -0.403. The van der Waals surface area contributed by atoms with Gasteiger partial charge in [-0.05, 0) is 12.8 Å². The van der Waals surface area contributed by atoms with E-state index in [2.05, 4.69) is 4.98 Å². The maximum absolute atomic E-state index is 11.3. The van der Waals surface area contributed by atoms with E-state index in [1.165, 1.54) is 12.3 Å². The summed E-state index contributed by atoms with van der Waals surface area (Å²) in [5.74, 6) is 0. The number of nitrogens with one attached hydrogen (secondary N) is 1. The van der Waals surface area contributed by atoms with E-state index in [0.29, 0.717) is 6.61 Å². The van der Waals surface area contributed by atoms with E-state index >= 15 is 0 Å². The van der Waals surface area contributed by atoms with Crippen molar-refractivity contribution < 1.29 is 4.74 Å². The summed E-state index contributed by atoms with van der Waals surface area (Å²) in [5, 5.41) is 0. The number of nitrogens with zero attached hydrogens (tertiary/aromatic N) is 1. The number of aromatic amines is 1. The molecule has 0 bridgehead atoms. The quantitative estimate of drug-likeness (QED) is 0.656. The van der Waals surface area contributed by atoms with Crippen molar-refractivity contribution in [1.29, 1.82) is 0 Å². The minimum absolute atomic E-state index is 0.310. The van der Waals surface area contributed by atoms with Gasteiger partial charge >= 0.3 is 5.69 Å². The largest absolute Gasteiger partial charge is 0.358 e. The van der Waals surface area contributed by atoms with Crippen molar-refractivity contribution in [3.05, 3.63) is 33.1 Å². The molecule has 0 radical (unpaired) electrons. The van der Waals surface area contributed by atoms with Gasteiger partial charge < -0.3 is 9.72 Å². The lowest BCUT2D eigenvalue weighted by Gasteiger charge is -2.10. The lowest BCUT2D eigenvalue weighted by atomic mass is 10.3. The van der Waals surface area contributed by atoms with Gasteiger partial charge in [0.2, 0.25) is 0 Å². The number of ether oxygens (including phenoxy) is 1. The van der Waals surface area contributed by atoms with Crippen molar-refractivity contribution >= 4 is 0 Å². The molecule has 2 rings (SSSR count). The summed E-state index contributed by atoms with van der Waals surface area (Å²) < 4.78 is 6.36. The third kappa shape index (κ3) is 1.42. The fraction of sp³-hybridized carbons (Fsp3) is 0.500. The maximum Gasteiger partial charge on any atom is 0.330 e. The van der Waals surface area contributed by atoms with Crippen LogP contribution < -0.4 is 11.2 Å². The third-order valence-electron chi connectivity index (χ3n) is 2.08. The second-order valence-electron chi connectivity index (χ2n) is 2.96. The van der Waals surface area contributed by atoms with E-state index in [1.54, 1.807) is 0 Å². The molecule has 1 aliphatic heterocycles. The summed E-state index contributed by atoms with van der Waals surface area (Å²) in [4.78, 5) is 25.0. The topological polar surface area (TPSA) is 64.1 Å². The molecule has 0 spiro atoms. The van der Waals surface area contributed by atoms with Crippen LogP contribution in [0, 0.1) is 0 Å². The van der Waals surface area contributed by atoms with Gasteiger partial charge in [0.1, 0.15) is 6.23 Å². The van der Waals surface area contributed by atoms with Gasteiger partial charge in [0.15, 0.2) is 0 Å². The van der Waals surface area contributed by atoms with Crippen LogP contribution in [0.4, 0.5) is 0 Å². The predicted octanol–water partition coefficient (Wildman–Crippen LogP) is -0.154. The molecule has 1 saturated heterocycles. The molecule has 1 aromatic heterocycles. The summed E-state index contributed by atoms with van der Waals surface area (Å²) in [5.41, 5.74) is -0.713. The highest BCUT2D eigenvalue weighted by molar-refractivity contribution is 4.85. The molecule has 0 amide bonds. The lowest BCUT2D eigenvalue weighted by molar-refractivity contribution is 0.0502. The molecule has 0 aliphatic carbocycles. The number of H-pyrrole nitrogens is 1. The Morgan fingerprint density at radius 3 is 3.00 bits per heavy atom. The Morgan fingerprint density at radius 1 is 1.54 bits per heavy atom. The van der Waals surface area contributed by atoms with Crippen molar-refractivity contribution in [2.24, 2.45) is 0 Å². The number of aromatic nitrogens is 2. The van der Waals surface area contributed by atoms with Crippen LogP contribution in [-0.2, 0) is 4.74 Å². The van der Waals surface area contributed by atoms with Gasteiger partial charge in [0.25, 0.3) is 5.56 Å². The first-order valence-corrected chi connectivity index (χ1v) is 4.21. The van der Waals surface area contributed by atoms with E-state index in [9.17, 15) is 9.59 Å². The van der Waals surface area contributed by atoms with Crippen LogP contribution in [0.1, 0.15) is 19.1 Å². The summed E-state index contributed by atoms with van der Waals surface area (Å²) in [6.07, 6.45) is 2.59. The van der Waals surface area contributed by atoms with Crippen molar-refractivity contribution in [1.82, 2.24) is 9.55 Å². The van der Waals surface area contributed by atoms with E-state index < -0.39 is 5.69 Å². The summed E-state index contributed by atoms with van der Waals surface area (Å²) in [6, 6.07) is 1.32. The molecule has 1 aromatic rings. The van der Waals surface area contributed by atoms with Gasteiger partial charge in [-0.15, -0.1) is 0 Å². The van der Waals surface area contributed by atoms with Gasteiger partial charge in [-0.25, -0.2) is 9.36 Å². The number of hydrogen-bond donors (Lipinski definition) is 1. The molecule has 0 saturated carbocycles. The molecule has 2 heterocycles. The molecule has 13 heavy (non-hydrogen) atoms. The zero-order chi connectivity index (χ0) is 9.26. The van der Waals surface area contributed by atoms with Crippen LogP contribution in [0.25, 0.3) is 0 Å². The zero-order valence-corrected chi connectivity index (χ0v) is 7.03. The lowest BCUT2D eigenvalue weighted by Crippen LogP contribution is -2.36. The Bertz CT molecular complexity index is 372. The number of hydrogen-bond acceptors (Lipinski definition) is 3. The molecular formula is C8H10N2O3. The fourth-order valence-corrected chi connectivity index (χ4v) is 1.47. The first-order chi connectivity index (χ1) is 6.29. The van der Waals surface area contributed by atoms with Gasteiger partial charge in [0.05, 0.1) is 0 Å². The summed E-state index contributed by atoms with van der Waals surface area (Å²) in [6.45, 7) is 0.617. The van der Waals surface area contributed by atoms with Crippen LogP contribution in [0.15, 0.2) is 21.9 Å². The van der Waals surface area contributed by atoms with E-state index in [1.807, 2.05) is 0 Å². The van der Waals surface area contributed by atoms with Crippen LogP contribution >= 0.6 is 0 Å². The molecule has 1 N–H and O–H groups in total. The first kappa shape index (κ1) is 8.25. The van der Waals surface area contributed by atoms with Gasteiger partial charge in [-0.1, -0.05) is 0 Å². The molecule has 5 nitrogen and oxygen atoms in total. The smallest absolute Gasteiger partial charge is 0.330 e. The maximum atomic E-state index is 11.3. The van der Waals surface area contributed by atoms with E-state index in [4.69, 9.17) is 4.74 Å². The summed E-state index contributed by atoms with van der Waals surface area (Å²) in [7, 11) is 0. The fourth-order valence-electron chi connectivity index (χ4n) is 1.47. The van der Waals surface area contributed by atoms with Crippen LogP contribution in [-0.4, -0.2) is 16.2 Å². The Labute approximate surface area is 74.0 Å². The highest BCUT2D eigenvalue weighted by Crippen LogP contribution is 2.18. The Morgan fingerprint density at radius 2 is 2.38 bits per heavy atom. The average Bonchev–Trinajstić information content (AvgIpc) is 2.57. The molecule has 5 heteroatoms. The predicted molar refractivity (Wildman–Crippen MR) is 45.5 cm³/mol. The first-order valence-electron chi connectivity index (χ1n) is 4.21. The normalized spacial score (nSPS) is 22.0. The Kier molecular flexibility index (Phi) is 2.02. The van der Waals surface area contributed by atoms with Crippen molar-refractivity contribution in [2.75, 3.05) is 6.61 Å². The minimum Gasteiger partial charge on any atom is -0.358 e. The third-order valence-corrected chi connectivity index (χ3v) is 2.08. The van der Waals surface area contributed by atoms with E-state index in [-0.39, 0.29) is 11.8 Å². The van der Waals surface area contributed by atoms with Crippen LogP contribution in [0.2, 0.25) is 0 Å². The molecule has 1 unspecified atom stereocenters. The second-order valence-corrected chi connectivity index (χ2v) is 2.96. The van der Waals surface area contributed by atoms with Crippen molar-refractivity contribution in [3.63, 3.8) is 0 Å². The van der Waals surface area contributed by atoms with Crippen LogP contribution in [0.3, 0.4) is 0 Å². The van der Waals surface area contributed by atoms with Crippen molar-refractivity contribution in [2.45, 2.75) is 19.1 Å². The highest BCUT2D eigenvalue weighted by atomic mass is 16.5. The average molecular weight is 182 g/mol. The molecular weight excluding hydrogens is 172 g/mol.